The van der Waals surface area contributed by atoms with E-state index < -0.39 is 0 Å². The lowest BCUT2D eigenvalue weighted by Gasteiger charge is -2.38. The number of nitrogens with zero attached hydrogens (tertiary/aromatic N) is 5. The van der Waals surface area contributed by atoms with Crippen molar-refractivity contribution in [2.75, 3.05) is 38.2 Å². The minimum absolute atomic E-state index is 0.0323. The lowest BCUT2D eigenvalue weighted by atomic mass is 9.96. The Morgan fingerprint density at radius 3 is 2.85 bits per heavy atom. The molecule has 1 fully saturated rings. The molecule has 1 amide bonds. The van der Waals surface area contributed by atoms with E-state index in [2.05, 4.69) is 40.8 Å². The van der Waals surface area contributed by atoms with E-state index in [1.54, 1.807) is 0 Å². The Hall–Kier alpha value is -3.55. The summed E-state index contributed by atoms with van der Waals surface area (Å²) in [5.74, 6) is 1.48. The number of aryl methyl sites for hydroxylation is 2. The summed E-state index contributed by atoms with van der Waals surface area (Å²) < 4.78 is 7.91. The van der Waals surface area contributed by atoms with Gasteiger partial charge < -0.3 is 19.9 Å². The highest BCUT2D eigenvalue weighted by atomic mass is 16.5. The van der Waals surface area contributed by atoms with Crippen LogP contribution in [-0.2, 0) is 4.79 Å². The summed E-state index contributed by atoms with van der Waals surface area (Å²) in [6, 6.07) is 10.3. The molecule has 2 bridgehead atoms. The molecule has 1 saturated heterocycles. The fourth-order valence-corrected chi connectivity index (χ4v) is 4.92. The lowest BCUT2D eigenvalue weighted by Crippen LogP contribution is -2.36. The molecule has 1 unspecified atom stereocenters. The van der Waals surface area contributed by atoms with E-state index in [9.17, 15) is 4.79 Å². The smallest absolute Gasteiger partial charge is 0.258 e. The highest BCUT2D eigenvalue weighted by Gasteiger charge is 2.29. The first-order chi connectivity index (χ1) is 16.4. The highest BCUT2D eigenvalue weighted by molar-refractivity contribution is 5.78. The van der Waals surface area contributed by atoms with Crippen LogP contribution in [0.25, 0.3) is 11.3 Å². The number of ether oxygens (including phenoxy) is 1. The van der Waals surface area contributed by atoms with Gasteiger partial charge in [0.1, 0.15) is 11.6 Å². The van der Waals surface area contributed by atoms with Crippen LogP contribution in [0.4, 0.5) is 5.82 Å². The van der Waals surface area contributed by atoms with Crippen LogP contribution in [0.1, 0.15) is 47.8 Å². The van der Waals surface area contributed by atoms with Crippen LogP contribution in [0.5, 0.6) is 5.75 Å². The number of fused-ring (bicyclic) bond motifs is 4. The summed E-state index contributed by atoms with van der Waals surface area (Å²) >= 11 is 0. The minimum Gasteiger partial charge on any atom is -0.483 e. The molecule has 1 atom stereocenters. The van der Waals surface area contributed by atoms with E-state index in [0.717, 1.165) is 65.5 Å². The number of piperidine rings is 1. The second-order valence-electron chi connectivity index (χ2n) is 9.31. The molecule has 0 saturated carbocycles. The molecule has 0 aliphatic carbocycles. The van der Waals surface area contributed by atoms with E-state index in [1.807, 2.05) is 36.7 Å². The molecule has 0 spiro atoms. The van der Waals surface area contributed by atoms with Crippen molar-refractivity contribution in [3.8, 4) is 5.75 Å². The van der Waals surface area contributed by atoms with Gasteiger partial charge in [0.05, 0.1) is 11.7 Å². The third kappa shape index (κ3) is 4.20. The van der Waals surface area contributed by atoms with Crippen LogP contribution in [0, 0.1) is 13.8 Å². The molecule has 2 aliphatic rings. The Balaban J connectivity index is 1.63. The van der Waals surface area contributed by atoms with Crippen molar-refractivity contribution in [3.63, 3.8) is 0 Å². The number of hydrogen-bond donors (Lipinski definition) is 1. The molecule has 34 heavy (non-hydrogen) atoms. The van der Waals surface area contributed by atoms with Gasteiger partial charge in [-0.2, -0.15) is 9.61 Å². The van der Waals surface area contributed by atoms with Gasteiger partial charge in [0.15, 0.2) is 12.3 Å². The first-order valence-electron chi connectivity index (χ1n) is 12.0. The maximum absolute atomic E-state index is 12.5. The summed E-state index contributed by atoms with van der Waals surface area (Å²) in [4.78, 5) is 21.7. The van der Waals surface area contributed by atoms with E-state index in [4.69, 9.17) is 14.8 Å². The first kappa shape index (κ1) is 22.3. The van der Waals surface area contributed by atoms with Crippen molar-refractivity contribution in [2.45, 2.75) is 39.2 Å². The van der Waals surface area contributed by atoms with Gasteiger partial charge >= 0.3 is 0 Å². The van der Waals surface area contributed by atoms with E-state index >= 15 is 0 Å². The standard InChI is InChI=1S/C26H32N6O2/c1-17-8-9-23-20(13-17)19(3)31-11-6-5-7-22(31)21-15-24-28-18(2)14-26(32(24)29-21)30(4)12-10-27-25(33)16-34-23/h8-9,13-15,22H,3,5-7,10-12,16H2,1-2,4H3,(H,27,33). The topological polar surface area (TPSA) is 75.0 Å². The molecule has 5 rings (SSSR count). The Labute approximate surface area is 200 Å². The lowest BCUT2D eigenvalue weighted by molar-refractivity contribution is -0.123. The fraction of sp³-hybridized carbons (Fsp3) is 0.423. The zero-order valence-electron chi connectivity index (χ0n) is 20.2. The van der Waals surface area contributed by atoms with Crippen LogP contribution < -0.4 is 15.0 Å². The van der Waals surface area contributed by atoms with Crippen molar-refractivity contribution in [1.82, 2.24) is 24.8 Å². The molecular formula is C26H32N6O2. The average molecular weight is 461 g/mol. The third-order valence-corrected chi connectivity index (χ3v) is 6.71. The normalized spacial score (nSPS) is 19.6. The molecule has 3 aromatic rings. The Kier molecular flexibility index (Phi) is 5.89. The molecule has 4 heterocycles. The van der Waals surface area contributed by atoms with E-state index in [-0.39, 0.29) is 18.6 Å². The van der Waals surface area contributed by atoms with Crippen LogP contribution in [0.3, 0.4) is 0 Å². The summed E-state index contributed by atoms with van der Waals surface area (Å²) in [5.41, 5.74) is 5.71. The molecular weight excluding hydrogens is 428 g/mol. The number of nitrogens with one attached hydrogen (secondary N) is 1. The first-order valence-corrected chi connectivity index (χ1v) is 12.0. The van der Waals surface area contributed by atoms with Crippen LogP contribution >= 0.6 is 0 Å². The summed E-state index contributed by atoms with van der Waals surface area (Å²) in [5, 5.41) is 7.99. The molecule has 2 aromatic heterocycles. The zero-order chi connectivity index (χ0) is 23.8. The van der Waals surface area contributed by atoms with Crippen LogP contribution in [0.15, 0.2) is 36.9 Å². The van der Waals surface area contributed by atoms with Crippen LogP contribution in [-0.4, -0.2) is 58.7 Å². The van der Waals surface area contributed by atoms with Gasteiger partial charge in [-0.25, -0.2) is 4.98 Å². The van der Waals surface area contributed by atoms with Crippen LogP contribution in [0.2, 0.25) is 0 Å². The second kappa shape index (κ2) is 9.00. The maximum Gasteiger partial charge on any atom is 0.258 e. The quantitative estimate of drug-likeness (QED) is 0.554. The van der Waals surface area contributed by atoms with Gasteiger partial charge in [-0.1, -0.05) is 18.2 Å². The Morgan fingerprint density at radius 2 is 2.00 bits per heavy atom. The van der Waals surface area contributed by atoms with Gasteiger partial charge in [0.2, 0.25) is 0 Å². The third-order valence-electron chi connectivity index (χ3n) is 6.71. The zero-order valence-corrected chi connectivity index (χ0v) is 20.2. The number of anilines is 1. The molecule has 2 aliphatic heterocycles. The van der Waals surface area contributed by atoms with Crippen molar-refractivity contribution in [1.29, 1.82) is 0 Å². The molecule has 1 N–H and O–H groups in total. The summed E-state index contributed by atoms with van der Waals surface area (Å²) in [7, 11) is 2.01. The van der Waals surface area contributed by atoms with Crippen molar-refractivity contribution < 1.29 is 9.53 Å². The van der Waals surface area contributed by atoms with Gasteiger partial charge in [-0.3, -0.25) is 4.79 Å². The largest absolute Gasteiger partial charge is 0.483 e. The number of rotatable bonds is 0. The monoisotopic (exact) mass is 460 g/mol. The highest BCUT2D eigenvalue weighted by Crippen LogP contribution is 2.39. The Bertz CT molecular complexity index is 1250. The van der Waals surface area contributed by atoms with Gasteiger partial charge in [0.25, 0.3) is 5.91 Å². The second-order valence-corrected chi connectivity index (χ2v) is 9.31. The predicted octanol–water partition coefficient (Wildman–Crippen LogP) is 3.49. The molecule has 178 valence electrons. The predicted molar refractivity (Wildman–Crippen MR) is 133 cm³/mol. The number of aromatic nitrogens is 3. The summed E-state index contributed by atoms with van der Waals surface area (Å²) in [6.07, 6.45) is 3.23. The van der Waals surface area contributed by atoms with Crippen molar-refractivity contribution in [3.05, 3.63) is 59.4 Å². The van der Waals surface area contributed by atoms with Gasteiger partial charge in [0, 0.05) is 55.8 Å². The number of carbonyl (C=O) groups is 1. The number of carbonyl (C=O) groups excluding carboxylic acids is 1. The molecule has 8 nitrogen and oxygen atoms in total. The average Bonchev–Trinajstić information content (AvgIpc) is 3.25. The number of benzene rings is 1. The number of amides is 1. The fourth-order valence-electron chi connectivity index (χ4n) is 4.92. The maximum atomic E-state index is 12.5. The molecule has 0 radical (unpaired) electrons. The van der Waals surface area contributed by atoms with Crippen molar-refractivity contribution >= 4 is 23.1 Å². The van der Waals surface area contributed by atoms with Gasteiger partial charge in [-0.05, 0) is 45.2 Å². The van der Waals surface area contributed by atoms with E-state index in [0.29, 0.717) is 18.8 Å². The number of hydrogen-bond acceptors (Lipinski definition) is 6. The van der Waals surface area contributed by atoms with Crippen molar-refractivity contribution in [2.24, 2.45) is 0 Å². The SMILES string of the molecule is C=C1c2cc(C)ccc2OCC(=O)NCCN(C)c2cc(C)nc3cc(nn23)C2CCCCN12. The van der Waals surface area contributed by atoms with E-state index in [1.165, 1.54) is 0 Å². The summed E-state index contributed by atoms with van der Waals surface area (Å²) in [6.45, 7) is 10.5. The molecule has 8 heteroatoms. The molecule has 1 aromatic carbocycles. The van der Waals surface area contributed by atoms with Gasteiger partial charge in [-0.15, -0.1) is 0 Å². The minimum atomic E-state index is -0.147. The number of likely N-dealkylation sites (N-methyl/N-ethyl adjacent to an activating group) is 1. The Morgan fingerprint density at radius 1 is 1.15 bits per heavy atom.